The van der Waals surface area contributed by atoms with Crippen LogP contribution in [-0.4, -0.2) is 0 Å². The molecule has 0 N–H and O–H groups in total. The topological polar surface area (TPSA) is 16.4 Å². The maximum absolute atomic E-state index is 7.15. The van der Waals surface area contributed by atoms with Gasteiger partial charge in [-0.25, -0.2) is 0 Å². The minimum Gasteiger partial charge on any atom is -0.453 e. The third kappa shape index (κ3) is 5.12. The summed E-state index contributed by atoms with van der Waals surface area (Å²) in [4.78, 5) is 2.33. The van der Waals surface area contributed by atoms with Crippen LogP contribution in [0.15, 0.2) is 205 Å². The van der Waals surface area contributed by atoms with Gasteiger partial charge in [0.1, 0.15) is 5.58 Å². The monoisotopic (exact) mass is 663 g/mol. The first kappa shape index (κ1) is 30.0. The molecule has 10 aromatic rings. The van der Waals surface area contributed by atoms with E-state index in [1.807, 2.05) is 0 Å². The minimum atomic E-state index is 0.857. The van der Waals surface area contributed by atoms with E-state index in [1.165, 1.54) is 43.8 Å². The van der Waals surface area contributed by atoms with Crippen molar-refractivity contribution in [2.24, 2.45) is 0 Å². The first-order valence-corrected chi connectivity index (χ1v) is 17.8. The Hall–Kier alpha value is -6.90. The highest BCUT2D eigenvalue weighted by Gasteiger charge is 2.22. The molecular weight excluding hydrogens is 631 g/mol. The van der Waals surface area contributed by atoms with Crippen molar-refractivity contribution in [1.82, 2.24) is 0 Å². The lowest BCUT2D eigenvalue weighted by Crippen LogP contribution is -2.10. The third-order valence-electron chi connectivity index (χ3n) is 10.2. The molecule has 2 heteroatoms. The molecule has 2 nitrogen and oxygen atoms in total. The average molecular weight is 664 g/mol. The number of hydrogen-bond acceptors (Lipinski definition) is 2. The van der Waals surface area contributed by atoms with Crippen molar-refractivity contribution >= 4 is 60.5 Å². The number of para-hydroxylation sites is 1. The number of fused-ring (bicyclic) bond motifs is 5. The summed E-state index contributed by atoms with van der Waals surface area (Å²) >= 11 is 0. The molecule has 0 radical (unpaired) electrons. The summed E-state index contributed by atoms with van der Waals surface area (Å²) in [6.45, 7) is 0. The van der Waals surface area contributed by atoms with Crippen molar-refractivity contribution in [3.63, 3.8) is 0 Å². The average Bonchev–Trinajstić information content (AvgIpc) is 3.60. The van der Waals surface area contributed by atoms with E-state index >= 15 is 0 Å². The zero-order chi connectivity index (χ0) is 34.4. The molecule has 0 aliphatic carbocycles. The van der Waals surface area contributed by atoms with Crippen LogP contribution in [0, 0.1) is 0 Å². The molecule has 1 heterocycles. The van der Waals surface area contributed by atoms with Gasteiger partial charge in [0.2, 0.25) is 0 Å². The van der Waals surface area contributed by atoms with Gasteiger partial charge in [0.05, 0.1) is 5.69 Å². The lowest BCUT2D eigenvalue weighted by atomic mass is 9.94. The lowest BCUT2D eigenvalue weighted by Gasteiger charge is -2.26. The zero-order valence-corrected chi connectivity index (χ0v) is 28.4. The lowest BCUT2D eigenvalue weighted by molar-refractivity contribution is 0.670. The van der Waals surface area contributed by atoms with Gasteiger partial charge in [-0.05, 0) is 85.8 Å². The van der Waals surface area contributed by atoms with Crippen LogP contribution in [0.2, 0.25) is 0 Å². The van der Waals surface area contributed by atoms with Crippen LogP contribution in [0.25, 0.3) is 76.9 Å². The Morgan fingerprint density at radius 1 is 0.308 bits per heavy atom. The summed E-state index contributed by atoms with van der Waals surface area (Å²) in [6, 6.07) is 71.5. The van der Waals surface area contributed by atoms with Crippen LogP contribution in [0.1, 0.15) is 0 Å². The minimum absolute atomic E-state index is 0.857. The summed E-state index contributed by atoms with van der Waals surface area (Å²) in [5.74, 6) is 0. The molecule has 0 unspecified atom stereocenters. The fourth-order valence-corrected chi connectivity index (χ4v) is 7.68. The van der Waals surface area contributed by atoms with Gasteiger partial charge >= 0.3 is 0 Å². The van der Waals surface area contributed by atoms with E-state index in [0.29, 0.717) is 0 Å². The Balaban J connectivity index is 1.19. The Morgan fingerprint density at radius 3 is 1.56 bits per heavy atom. The molecule has 0 saturated carbocycles. The van der Waals surface area contributed by atoms with Crippen molar-refractivity contribution in [2.75, 3.05) is 4.90 Å². The molecule has 10 rings (SSSR count). The Morgan fingerprint density at radius 2 is 0.846 bits per heavy atom. The Bertz CT molecular complexity index is 2870. The first-order chi connectivity index (χ1) is 25.8. The van der Waals surface area contributed by atoms with Gasteiger partial charge in [-0.1, -0.05) is 164 Å². The van der Waals surface area contributed by atoms with E-state index in [1.54, 1.807) is 0 Å². The predicted octanol–water partition coefficient (Wildman–Crippen LogP) is 14.4. The van der Waals surface area contributed by atoms with Crippen molar-refractivity contribution < 1.29 is 4.42 Å². The van der Waals surface area contributed by atoms with Crippen molar-refractivity contribution in [1.29, 1.82) is 0 Å². The van der Waals surface area contributed by atoms with Crippen LogP contribution >= 0.6 is 0 Å². The summed E-state index contributed by atoms with van der Waals surface area (Å²) < 4.78 is 7.15. The largest absolute Gasteiger partial charge is 0.453 e. The first-order valence-electron chi connectivity index (χ1n) is 17.8. The molecule has 0 atom stereocenters. The molecule has 0 aliphatic rings. The molecule has 52 heavy (non-hydrogen) atoms. The number of rotatable bonds is 6. The van der Waals surface area contributed by atoms with Crippen LogP contribution in [0.3, 0.4) is 0 Å². The standard InChI is InChI=1S/C50H33NO/c1-3-12-34(13-4-1)37-22-24-39(25-23-37)48-44-19-10-9-18-41(44)33-46-45-20-11-21-47(49(45)52-50(46)48)51(43-31-28-36-16-7-8-17-40(36)32-43)42-29-26-38(27-30-42)35-14-5-2-6-15-35/h1-33H. The molecule has 0 amide bonds. The van der Waals surface area contributed by atoms with Gasteiger partial charge in [0.25, 0.3) is 0 Å². The SMILES string of the molecule is c1ccc(-c2ccc(-c3c4ccccc4cc4c3oc3c(N(c5ccc(-c6ccccc6)cc5)c5ccc6ccccc6c5)cccc34)cc2)cc1. The fraction of sp³-hybridized carbons (Fsp3) is 0. The maximum atomic E-state index is 7.15. The summed E-state index contributed by atoms with van der Waals surface area (Å²) in [5.41, 5.74) is 11.9. The highest BCUT2D eigenvalue weighted by atomic mass is 16.3. The molecule has 0 spiro atoms. The van der Waals surface area contributed by atoms with Crippen LogP contribution < -0.4 is 4.90 Å². The normalized spacial score (nSPS) is 11.5. The second-order valence-corrected chi connectivity index (χ2v) is 13.3. The van der Waals surface area contributed by atoms with E-state index in [2.05, 4.69) is 205 Å². The predicted molar refractivity (Wildman–Crippen MR) is 220 cm³/mol. The van der Waals surface area contributed by atoms with E-state index in [4.69, 9.17) is 4.42 Å². The number of nitrogens with zero attached hydrogens (tertiary/aromatic N) is 1. The Labute approximate surface area is 302 Å². The highest BCUT2D eigenvalue weighted by Crippen LogP contribution is 2.46. The van der Waals surface area contributed by atoms with Gasteiger partial charge in [-0.3, -0.25) is 0 Å². The van der Waals surface area contributed by atoms with Gasteiger partial charge in [0, 0.05) is 27.7 Å². The smallest absolute Gasteiger partial charge is 0.159 e. The number of furan rings is 1. The number of benzene rings is 9. The maximum Gasteiger partial charge on any atom is 0.159 e. The molecule has 0 aliphatic heterocycles. The van der Waals surface area contributed by atoms with Crippen LogP contribution in [-0.2, 0) is 0 Å². The second kappa shape index (κ2) is 12.5. The van der Waals surface area contributed by atoms with E-state index in [9.17, 15) is 0 Å². The van der Waals surface area contributed by atoms with Crippen molar-refractivity contribution in [3.8, 4) is 33.4 Å². The highest BCUT2D eigenvalue weighted by molar-refractivity contribution is 6.20. The molecule has 0 fully saturated rings. The molecule has 0 bridgehead atoms. The van der Waals surface area contributed by atoms with Gasteiger partial charge in [-0.2, -0.15) is 0 Å². The van der Waals surface area contributed by atoms with E-state index < -0.39 is 0 Å². The summed E-state index contributed by atoms with van der Waals surface area (Å²) in [6.07, 6.45) is 0. The van der Waals surface area contributed by atoms with Crippen LogP contribution in [0.4, 0.5) is 17.1 Å². The van der Waals surface area contributed by atoms with Gasteiger partial charge < -0.3 is 9.32 Å². The van der Waals surface area contributed by atoms with Crippen LogP contribution in [0.5, 0.6) is 0 Å². The van der Waals surface area contributed by atoms with Gasteiger partial charge in [-0.15, -0.1) is 0 Å². The molecule has 1 aromatic heterocycles. The quantitative estimate of drug-likeness (QED) is 0.176. The van der Waals surface area contributed by atoms with Crippen molar-refractivity contribution in [2.45, 2.75) is 0 Å². The summed E-state index contributed by atoms with van der Waals surface area (Å²) in [7, 11) is 0. The zero-order valence-electron chi connectivity index (χ0n) is 28.4. The molecule has 244 valence electrons. The molecule has 0 saturated heterocycles. The van der Waals surface area contributed by atoms with Crippen molar-refractivity contribution in [3.05, 3.63) is 200 Å². The number of anilines is 3. The molecule has 9 aromatic carbocycles. The second-order valence-electron chi connectivity index (χ2n) is 13.3. The fourth-order valence-electron chi connectivity index (χ4n) is 7.68. The van der Waals surface area contributed by atoms with Gasteiger partial charge in [0.15, 0.2) is 5.58 Å². The number of hydrogen-bond donors (Lipinski definition) is 0. The third-order valence-corrected chi connectivity index (χ3v) is 10.2. The van der Waals surface area contributed by atoms with E-state index in [0.717, 1.165) is 50.1 Å². The van der Waals surface area contributed by atoms with E-state index in [-0.39, 0.29) is 0 Å². The summed E-state index contributed by atoms with van der Waals surface area (Å²) in [5, 5.41) is 6.96. The Kier molecular flexibility index (Phi) is 7.18. The molecular formula is C50H33NO.